The summed E-state index contributed by atoms with van der Waals surface area (Å²) in [4.78, 5) is 21.0. The van der Waals surface area contributed by atoms with Crippen LogP contribution in [0.4, 0.5) is 5.69 Å². The van der Waals surface area contributed by atoms with Gasteiger partial charge in [0.1, 0.15) is 5.82 Å². The molecule has 1 aromatic carbocycles. The van der Waals surface area contributed by atoms with Crippen molar-refractivity contribution >= 4 is 22.6 Å². The number of fused-ring (bicyclic) bond motifs is 1. The van der Waals surface area contributed by atoms with Gasteiger partial charge < -0.3 is 16.5 Å². The zero-order chi connectivity index (χ0) is 15.4. The van der Waals surface area contributed by atoms with Crippen molar-refractivity contribution in [2.24, 2.45) is 11.7 Å². The van der Waals surface area contributed by atoms with Crippen molar-refractivity contribution in [3.63, 3.8) is 0 Å². The molecule has 1 heterocycles. The molecule has 0 unspecified atom stereocenters. The summed E-state index contributed by atoms with van der Waals surface area (Å²) in [5.74, 6) is 1.08. The number of carbonyl (C=O) groups is 1. The van der Waals surface area contributed by atoms with Gasteiger partial charge in [-0.3, -0.25) is 9.69 Å². The van der Waals surface area contributed by atoms with E-state index in [-0.39, 0.29) is 12.5 Å². The zero-order valence-corrected chi connectivity index (χ0v) is 12.6. The van der Waals surface area contributed by atoms with E-state index in [0.29, 0.717) is 11.6 Å². The lowest BCUT2D eigenvalue weighted by molar-refractivity contribution is -0.119. The Morgan fingerprint density at radius 3 is 2.86 bits per heavy atom. The Bertz CT molecular complexity index is 620. The van der Waals surface area contributed by atoms with Crippen molar-refractivity contribution in [1.82, 2.24) is 14.9 Å². The first-order valence-corrected chi connectivity index (χ1v) is 7.19. The molecule has 0 aliphatic heterocycles. The number of nitrogens with zero attached hydrogens (tertiary/aromatic N) is 2. The lowest BCUT2D eigenvalue weighted by Crippen LogP contribution is -2.37. The van der Waals surface area contributed by atoms with E-state index in [4.69, 9.17) is 11.5 Å². The second kappa shape index (κ2) is 6.58. The van der Waals surface area contributed by atoms with Crippen LogP contribution in [0, 0.1) is 5.92 Å². The highest BCUT2D eigenvalue weighted by atomic mass is 16.1. The highest BCUT2D eigenvalue weighted by molar-refractivity contribution is 5.78. The second-order valence-corrected chi connectivity index (χ2v) is 5.81. The minimum Gasteiger partial charge on any atom is -0.399 e. The number of benzene rings is 1. The van der Waals surface area contributed by atoms with Crippen LogP contribution in [0.5, 0.6) is 0 Å². The van der Waals surface area contributed by atoms with E-state index in [9.17, 15) is 4.79 Å². The minimum atomic E-state index is -0.298. The number of aromatic amines is 1. The number of nitrogen functional groups attached to an aromatic ring is 1. The maximum absolute atomic E-state index is 11.1. The molecule has 0 bridgehead atoms. The summed E-state index contributed by atoms with van der Waals surface area (Å²) in [6.07, 6.45) is 0.745. The Morgan fingerprint density at radius 1 is 1.43 bits per heavy atom. The summed E-state index contributed by atoms with van der Waals surface area (Å²) in [6, 6.07) is 5.62. The molecule has 2 rings (SSSR count). The Hall–Kier alpha value is -2.08. The van der Waals surface area contributed by atoms with Crippen molar-refractivity contribution in [3.05, 3.63) is 24.0 Å². The average molecular weight is 289 g/mol. The number of hydrogen-bond acceptors (Lipinski definition) is 4. The van der Waals surface area contributed by atoms with Crippen LogP contribution >= 0.6 is 0 Å². The molecule has 0 aliphatic carbocycles. The molecule has 0 spiro atoms. The van der Waals surface area contributed by atoms with Gasteiger partial charge in [0, 0.05) is 25.2 Å². The number of anilines is 1. The molecule has 0 saturated carbocycles. The molecule has 6 nitrogen and oxygen atoms in total. The van der Waals surface area contributed by atoms with E-state index in [1.165, 1.54) is 0 Å². The summed E-state index contributed by atoms with van der Waals surface area (Å²) in [7, 11) is 0. The molecule has 21 heavy (non-hydrogen) atoms. The molecule has 0 radical (unpaired) electrons. The third-order valence-electron chi connectivity index (χ3n) is 3.22. The molecule has 0 fully saturated rings. The van der Waals surface area contributed by atoms with Gasteiger partial charge in [-0.2, -0.15) is 0 Å². The highest BCUT2D eigenvalue weighted by Crippen LogP contribution is 2.15. The largest absolute Gasteiger partial charge is 0.399 e. The maximum Gasteiger partial charge on any atom is 0.231 e. The molecule has 0 atom stereocenters. The summed E-state index contributed by atoms with van der Waals surface area (Å²) in [5, 5.41) is 0. The molecular formula is C15H23N5O. The van der Waals surface area contributed by atoms with E-state index in [0.717, 1.165) is 36.4 Å². The second-order valence-electron chi connectivity index (χ2n) is 5.81. The van der Waals surface area contributed by atoms with Gasteiger partial charge in [0.15, 0.2) is 0 Å². The molecule has 0 saturated heterocycles. The van der Waals surface area contributed by atoms with Crippen LogP contribution in [0.3, 0.4) is 0 Å². The van der Waals surface area contributed by atoms with Gasteiger partial charge in [-0.05, 0) is 24.1 Å². The van der Waals surface area contributed by atoms with Gasteiger partial charge in [-0.1, -0.05) is 13.8 Å². The number of amides is 1. The zero-order valence-electron chi connectivity index (χ0n) is 12.6. The molecule has 0 aliphatic rings. The predicted molar refractivity (Wildman–Crippen MR) is 84.7 cm³/mol. The van der Waals surface area contributed by atoms with Crippen LogP contribution in [-0.4, -0.2) is 40.4 Å². The summed E-state index contributed by atoms with van der Waals surface area (Å²) >= 11 is 0. The molecule has 1 amide bonds. The van der Waals surface area contributed by atoms with Gasteiger partial charge >= 0.3 is 0 Å². The fraction of sp³-hybridized carbons (Fsp3) is 0.467. The minimum absolute atomic E-state index is 0.283. The smallest absolute Gasteiger partial charge is 0.231 e. The van der Waals surface area contributed by atoms with Crippen molar-refractivity contribution in [2.75, 3.05) is 25.4 Å². The van der Waals surface area contributed by atoms with Crippen molar-refractivity contribution in [1.29, 1.82) is 0 Å². The van der Waals surface area contributed by atoms with Gasteiger partial charge in [-0.25, -0.2) is 4.98 Å². The van der Waals surface area contributed by atoms with E-state index in [1.54, 1.807) is 0 Å². The van der Waals surface area contributed by atoms with Crippen LogP contribution < -0.4 is 11.5 Å². The number of rotatable bonds is 7. The van der Waals surface area contributed by atoms with Crippen LogP contribution in [0.1, 0.15) is 19.7 Å². The third-order valence-corrected chi connectivity index (χ3v) is 3.22. The van der Waals surface area contributed by atoms with Crippen LogP contribution in [0.25, 0.3) is 11.0 Å². The standard InChI is InChI=1S/C15H23N5O/c1-10(2)8-20(9-14(17)21)6-5-15-18-12-4-3-11(16)7-13(12)19-15/h3-4,7,10H,5-6,8-9,16H2,1-2H3,(H2,17,21)(H,18,19). The Morgan fingerprint density at radius 2 is 2.19 bits per heavy atom. The van der Waals surface area contributed by atoms with Crippen molar-refractivity contribution < 1.29 is 4.79 Å². The quantitative estimate of drug-likeness (QED) is 0.665. The van der Waals surface area contributed by atoms with Crippen LogP contribution in [0.15, 0.2) is 18.2 Å². The Labute approximate surface area is 124 Å². The Kier molecular flexibility index (Phi) is 4.80. The molecule has 1 aromatic heterocycles. The number of carbonyl (C=O) groups excluding carboxylic acids is 1. The highest BCUT2D eigenvalue weighted by Gasteiger charge is 2.11. The number of H-pyrrole nitrogens is 1. The van der Waals surface area contributed by atoms with Gasteiger partial charge in [0.05, 0.1) is 17.6 Å². The van der Waals surface area contributed by atoms with Crippen molar-refractivity contribution in [3.8, 4) is 0 Å². The molecule has 5 N–H and O–H groups in total. The topological polar surface area (TPSA) is 101 Å². The van der Waals surface area contributed by atoms with Gasteiger partial charge in [-0.15, -0.1) is 0 Å². The SMILES string of the molecule is CC(C)CN(CCc1nc2ccc(N)cc2[nH]1)CC(N)=O. The first kappa shape index (κ1) is 15.3. The van der Waals surface area contributed by atoms with Crippen LogP contribution in [-0.2, 0) is 11.2 Å². The van der Waals surface area contributed by atoms with E-state index in [2.05, 4.69) is 28.7 Å². The summed E-state index contributed by atoms with van der Waals surface area (Å²) in [6.45, 7) is 6.12. The normalized spacial score (nSPS) is 11.6. The number of imidazole rings is 1. The predicted octanol–water partition coefficient (Wildman–Crippen LogP) is 1.13. The number of hydrogen-bond donors (Lipinski definition) is 3. The van der Waals surface area contributed by atoms with E-state index in [1.807, 2.05) is 18.2 Å². The number of aromatic nitrogens is 2. The average Bonchev–Trinajstić information content (AvgIpc) is 2.76. The monoisotopic (exact) mass is 289 g/mol. The lowest BCUT2D eigenvalue weighted by Gasteiger charge is -2.22. The number of nitrogens with one attached hydrogen (secondary N) is 1. The fourth-order valence-electron chi connectivity index (χ4n) is 2.43. The van der Waals surface area contributed by atoms with Gasteiger partial charge in [0.2, 0.25) is 5.91 Å². The first-order chi connectivity index (χ1) is 9.94. The van der Waals surface area contributed by atoms with E-state index >= 15 is 0 Å². The van der Waals surface area contributed by atoms with Crippen molar-refractivity contribution in [2.45, 2.75) is 20.3 Å². The van der Waals surface area contributed by atoms with Gasteiger partial charge in [0.25, 0.3) is 0 Å². The molecule has 114 valence electrons. The number of nitrogens with two attached hydrogens (primary N) is 2. The molecule has 6 heteroatoms. The maximum atomic E-state index is 11.1. The van der Waals surface area contributed by atoms with E-state index < -0.39 is 0 Å². The fourth-order valence-corrected chi connectivity index (χ4v) is 2.43. The first-order valence-electron chi connectivity index (χ1n) is 7.19. The molecular weight excluding hydrogens is 266 g/mol. The van der Waals surface area contributed by atoms with Crippen LogP contribution in [0.2, 0.25) is 0 Å². The summed E-state index contributed by atoms with van der Waals surface area (Å²) in [5.41, 5.74) is 13.6. The summed E-state index contributed by atoms with van der Waals surface area (Å²) < 4.78 is 0. The third kappa shape index (κ3) is 4.46. The Balaban J connectivity index is 2.02. The lowest BCUT2D eigenvalue weighted by atomic mass is 10.2. The molecule has 2 aromatic rings. The number of primary amides is 1.